The number of carbonyl (C=O) groups is 1. The number of benzene rings is 1. The summed E-state index contributed by atoms with van der Waals surface area (Å²) in [6, 6.07) is 9.79. The van der Waals surface area contributed by atoms with E-state index in [0.29, 0.717) is 13.2 Å². The molecule has 1 aliphatic rings. The number of hydrogen-bond acceptors (Lipinski definition) is 2. The van der Waals surface area contributed by atoms with Gasteiger partial charge in [-0.15, -0.1) is 0 Å². The molecule has 1 heterocycles. The molecule has 94 valence electrons. The minimum atomic E-state index is 0.232. The lowest BCUT2D eigenvalue weighted by Crippen LogP contribution is -2.03. The number of rotatable bonds is 3. The lowest BCUT2D eigenvalue weighted by molar-refractivity contribution is -0.103. The predicted molar refractivity (Wildman–Crippen MR) is 73.2 cm³/mol. The van der Waals surface area contributed by atoms with E-state index in [9.17, 15) is 4.79 Å². The summed E-state index contributed by atoms with van der Waals surface area (Å²) in [6.07, 6.45) is 3.12. The summed E-state index contributed by atoms with van der Waals surface area (Å²) < 4.78 is 5.51. The molecule has 1 aromatic rings. The van der Waals surface area contributed by atoms with E-state index < -0.39 is 0 Å². The molecule has 2 heteroatoms. The average Bonchev–Trinajstić information content (AvgIpc) is 2.79. The second kappa shape index (κ2) is 5.78. The minimum absolute atomic E-state index is 0.232. The van der Waals surface area contributed by atoms with Gasteiger partial charge in [-0.1, -0.05) is 42.0 Å². The summed E-state index contributed by atoms with van der Waals surface area (Å²) in [5.41, 5.74) is 4.09. The Bertz CT molecular complexity index is 479. The second-order valence-corrected chi connectivity index (χ2v) is 4.79. The van der Waals surface area contributed by atoms with Crippen molar-refractivity contribution in [3.63, 3.8) is 0 Å². The third-order valence-corrected chi connectivity index (χ3v) is 3.09. The third kappa shape index (κ3) is 2.77. The van der Waals surface area contributed by atoms with Gasteiger partial charge in [0.1, 0.15) is 0 Å². The Morgan fingerprint density at radius 2 is 2.00 bits per heavy atom. The van der Waals surface area contributed by atoms with Crippen LogP contribution in [0.25, 0.3) is 5.57 Å². The van der Waals surface area contributed by atoms with Gasteiger partial charge in [0.25, 0.3) is 0 Å². The fourth-order valence-corrected chi connectivity index (χ4v) is 2.28. The zero-order valence-electron chi connectivity index (χ0n) is 10.8. The van der Waals surface area contributed by atoms with Gasteiger partial charge in [0.15, 0.2) is 6.29 Å². The van der Waals surface area contributed by atoms with E-state index in [1.165, 1.54) is 5.57 Å². The van der Waals surface area contributed by atoms with E-state index >= 15 is 0 Å². The van der Waals surface area contributed by atoms with E-state index in [0.717, 1.165) is 23.0 Å². The third-order valence-electron chi connectivity index (χ3n) is 3.09. The summed E-state index contributed by atoms with van der Waals surface area (Å²) in [4.78, 5) is 11.4. The SMILES string of the molecule is CC(C)=CC1COC/C1=C(/C=O)c1ccccc1. The quantitative estimate of drug-likeness (QED) is 0.462. The highest BCUT2D eigenvalue weighted by Crippen LogP contribution is 2.29. The highest BCUT2D eigenvalue weighted by molar-refractivity contribution is 6.08. The number of allylic oxidation sites excluding steroid dienone is 2. The topological polar surface area (TPSA) is 26.3 Å². The van der Waals surface area contributed by atoms with Crippen molar-refractivity contribution in [2.45, 2.75) is 13.8 Å². The lowest BCUT2D eigenvalue weighted by atomic mass is 9.92. The van der Waals surface area contributed by atoms with Crippen LogP contribution < -0.4 is 0 Å². The van der Waals surface area contributed by atoms with Crippen LogP contribution in [0.5, 0.6) is 0 Å². The average molecular weight is 242 g/mol. The molecule has 1 fully saturated rings. The Kier molecular flexibility index (Phi) is 4.11. The predicted octanol–water partition coefficient (Wildman–Crippen LogP) is 3.25. The maximum Gasteiger partial charge on any atom is 0.150 e. The van der Waals surface area contributed by atoms with Crippen LogP contribution in [-0.4, -0.2) is 19.5 Å². The van der Waals surface area contributed by atoms with Gasteiger partial charge in [-0.25, -0.2) is 0 Å². The molecule has 0 aromatic heterocycles. The van der Waals surface area contributed by atoms with Crippen LogP contribution in [0.15, 0.2) is 47.6 Å². The van der Waals surface area contributed by atoms with Crippen LogP contribution in [0.4, 0.5) is 0 Å². The molecule has 0 bridgehead atoms. The molecule has 0 N–H and O–H groups in total. The van der Waals surface area contributed by atoms with E-state index in [4.69, 9.17) is 4.74 Å². The first-order valence-electron chi connectivity index (χ1n) is 6.18. The van der Waals surface area contributed by atoms with Crippen molar-refractivity contribution < 1.29 is 9.53 Å². The van der Waals surface area contributed by atoms with E-state index in [1.807, 2.05) is 30.3 Å². The molecule has 0 amide bonds. The second-order valence-electron chi connectivity index (χ2n) is 4.79. The molecule has 1 aliphatic heterocycles. The molecule has 1 unspecified atom stereocenters. The summed E-state index contributed by atoms with van der Waals surface area (Å²) in [5, 5.41) is 0. The molecule has 1 atom stereocenters. The summed E-state index contributed by atoms with van der Waals surface area (Å²) in [5.74, 6) is 0.232. The lowest BCUT2D eigenvalue weighted by Gasteiger charge is -2.10. The van der Waals surface area contributed by atoms with Gasteiger partial charge in [-0.3, -0.25) is 4.79 Å². The highest BCUT2D eigenvalue weighted by atomic mass is 16.5. The normalized spacial score (nSPS) is 21.6. The van der Waals surface area contributed by atoms with E-state index in [-0.39, 0.29) is 5.92 Å². The van der Waals surface area contributed by atoms with Crippen molar-refractivity contribution in [3.05, 3.63) is 53.1 Å². The Labute approximate surface area is 108 Å². The summed E-state index contributed by atoms with van der Waals surface area (Å²) in [7, 11) is 0. The highest BCUT2D eigenvalue weighted by Gasteiger charge is 2.23. The molecular formula is C16H18O2. The smallest absolute Gasteiger partial charge is 0.150 e. The Balaban J connectivity index is 2.43. The number of hydrogen-bond donors (Lipinski definition) is 0. The number of ether oxygens (including phenoxy) is 1. The van der Waals surface area contributed by atoms with Crippen LogP contribution in [0.2, 0.25) is 0 Å². The van der Waals surface area contributed by atoms with Gasteiger partial charge in [0.05, 0.1) is 13.2 Å². The number of carbonyl (C=O) groups excluding carboxylic acids is 1. The van der Waals surface area contributed by atoms with Crippen molar-refractivity contribution in [1.82, 2.24) is 0 Å². The van der Waals surface area contributed by atoms with Gasteiger partial charge >= 0.3 is 0 Å². The Morgan fingerprint density at radius 3 is 2.61 bits per heavy atom. The van der Waals surface area contributed by atoms with E-state index in [2.05, 4.69) is 19.9 Å². The van der Waals surface area contributed by atoms with Gasteiger partial charge in [-0.05, 0) is 25.0 Å². The standard InChI is InChI=1S/C16H18O2/c1-12(2)8-14-10-18-11-16(14)15(9-17)13-6-4-3-5-7-13/h3-9,14H,10-11H2,1-2H3/b16-15+. The van der Waals surface area contributed by atoms with Gasteiger partial charge in [0.2, 0.25) is 0 Å². The first kappa shape index (κ1) is 12.8. The largest absolute Gasteiger partial charge is 0.376 e. The first-order chi connectivity index (χ1) is 8.72. The van der Waals surface area contributed by atoms with Gasteiger partial charge in [-0.2, -0.15) is 0 Å². The van der Waals surface area contributed by atoms with Gasteiger partial charge < -0.3 is 4.74 Å². The summed E-state index contributed by atoms with van der Waals surface area (Å²) in [6.45, 7) is 5.36. The van der Waals surface area contributed by atoms with Crippen molar-refractivity contribution in [3.8, 4) is 0 Å². The molecule has 1 aromatic carbocycles. The first-order valence-corrected chi connectivity index (χ1v) is 6.18. The molecular weight excluding hydrogens is 224 g/mol. The van der Waals surface area contributed by atoms with Crippen molar-refractivity contribution >= 4 is 11.9 Å². The minimum Gasteiger partial charge on any atom is -0.376 e. The maximum atomic E-state index is 11.4. The molecule has 0 saturated carbocycles. The van der Waals surface area contributed by atoms with Crippen LogP contribution in [-0.2, 0) is 9.53 Å². The Morgan fingerprint density at radius 1 is 1.28 bits per heavy atom. The van der Waals surface area contributed by atoms with Crippen molar-refractivity contribution in [2.75, 3.05) is 13.2 Å². The molecule has 2 nitrogen and oxygen atoms in total. The fourth-order valence-electron chi connectivity index (χ4n) is 2.28. The van der Waals surface area contributed by atoms with Crippen molar-refractivity contribution in [1.29, 1.82) is 0 Å². The number of aldehydes is 1. The van der Waals surface area contributed by atoms with Crippen LogP contribution >= 0.6 is 0 Å². The molecule has 0 aliphatic carbocycles. The fraction of sp³-hybridized carbons (Fsp3) is 0.312. The monoisotopic (exact) mass is 242 g/mol. The molecule has 0 radical (unpaired) electrons. The zero-order chi connectivity index (χ0) is 13.0. The van der Waals surface area contributed by atoms with Crippen LogP contribution in [0.1, 0.15) is 19.4 Å². The molecule has 2 rings (SSSR count). The van der Waals surface area contributed by atoms with Crippen molar-refractivity contribution in [2.24, 2.45) is 5.92 Å². The Hall–Kier alpha value is -1.67. The molecule has 0 spiro atoms. The zero-order valence-corrected chi connectivity index (χ0v) is 10.8. The molecule has 18 heavy (non-hydrogen) atoms. The van der Waals surface area contributed by atoms with Gasteiger partial charge in [0, 0.05) is 11.5 Å². The van der Waals surface area contributed by atoms with Crippen LogP contribution in [0.3, 0.4) is 0 Å². The maximum absolute atomic E-state index is 11.4. The molecule has 1 saturated heterocycles. The van der Waals surface area contributed by atoms with E-state index in [1.54, 1.807) is 0 Å². The van der Waals surface area contributed by atoms with Crippen LogP contribution in [0, 0.1) is 5.92 Å². The summed E-state index contributed by atoms with van der Waals surface area (Å²) >= 11 is 0.